The van der Waals surface area contributed by atoms with Crippen molar-refractivity contribution in [3.8, 4) is 11.5 Å². The molecule has 1 amide bonds. The predicted molar refractivity (Wildman–Crippen MR) is 147 cm³/mol. The number of carbonyl (C=O) groups excluding carboxylic acids is 1. The Balaban J connectivity index is 0.00000165. The van der Waals surface area contributed by atoms with Crippen molar-refractivity contribution in [2.45, 2.75) is 46.5 Å². The zero-order valence-electron chi connectivity index (χ0n) is 22.4. The van der Waals surface area contributed by atoms with E-state index in [9.17, 15) is 4.79 Å². The van der Waals surface area contributed by atoms with Gasteiger partial charge in [0.1, 0.15) is 23.9 Å². The maximum Gasteiger partial charge on any atom is 0.255 e. The van der Waals surface area contributed by atoms with Gasteiger partial charge in [-0.15, -0.1) is 10.2 Å². The third-order valence-corrected chi connectivity index (χ3v) is 5.81. The molecule has 2 aromatic carbocycles. The van der Waals surface area contributed by atoms with Gasteiger partial charge in [0.2, 0.25) is 0 Å². The lowest BCUT2D eigenvalue weighted by molar-refractivity contribution is 0.0950. The number of hydrogen-bond donors (Lipinski definition) is 1. The summed E-state index contributed by atoms with van der Waals surface area (Å²) in [6.45, 7) is 7.55. The monoisotopic (exact) mass is 509 g/mol. The summed E-state index contributed by atoms with van der Waals surface area (Å²) in [6.07, 6.45) is 3.51. The number of unbranched alkanes of at least 4 members (excludes halogenated alkanes) is 2. The lowest BCUT2D eigenvalue weighted by atomic mass is 10.1. The molecule has 0 saturated heterocycles. The Hall–Kier alpha value is -3.72. The van der Waals surface area contributed by atoms with Crippen LogP contribution in [0.3, 0.4) is 0 Å². The van der Waals surface area contributed by atoms with Gasteiger partial charge in [-0.25, -0.2) is 4.98 Å². The average Bonchev–Trinajstić information content (AvgIpc) is 3.33. The molecule has 4 aromatic rings. The molecular formula is C28H39N5O4. The summed E-state index contributed by atoms with van der Waals surface area (Å²) < 4.78 is 18.1. The molecule has 2 heterocycles. The molecule has 0 unspecified atom stereocenters. The number of nitrogens with zero attached hydrogens (tertiary/aromatic N) is 4. The molecule has 9 heteroatoms. The van der Waals surface area contributed by atoms with Crippen LogP contribution in [0.5, 0.6) is 11.5 Å². The molecule has 1 N–H and O–H groups in total. The Labute approximate surface area is 219 Å². The van der Waals surface area contributed by atoms with Gasteiger partial charge in [0.25, 0.3) is 5.91 Å². The van der Waals surface area contributed by atoms with Crippen LogP contribution in [0.2, 0.25) is 0 Å². The maximum atomic E-state index is 12.4. The number of para-hydroxylation sites is 1. The van der Waals surface area contributed by atoms with E-state index in [0.717, 1.165) is 59.6 Å². The quantitative estimate of drug-likeness (QED) is 0.267. The van der Waals surface area contributed by atoms with Crippen molar-refractivity contribution in [2.75, 3.05) is 34.0 Å². The molecule has 0 radical (unpaired) electrons. The zero-order chi connectivity index (χ0) is 26.6. The van der Waals surface area contributed by atoms with Crippen LogP contribution in [0, 0.1) is 6.92 Å². The number of fused-ring (bicyclic) bond motifs is 3. The van der Waals surface area contributed by atoms with Gasteiger partial charge in [0, 0.05) is 21.1 Å². The summed E-state index contributed by atoms with van der Waals surface area (Å²) >= 11 is 0. The smallest absolute Gasteiger partial charge is 0.255 e. The molecule has 200 valence electrons. The van der Waals surface area contributed by atoms with Crippen molar-refractivity contribution in [1.29, 1.82) is 0 Å². The van der Waals surface area contributed by atoms with E-state index in [0.29, 0.717) is 31.1 Å². The van der Waals surface area contributed by atoms with E-state index in [2.05, 4.69) is 15.5 Å². The number of hydrogen-bond acceptors (Lipinski definition) is 7. The number of rotatable bonds is 12. The highest BCUT2D eigenvalue weighted by molar-refractivity contribution is 5.96. The Morgan fingerprint density at radius 2 is 1.84 bits per heavy atom. The molecule has 37 heavy (non-hydrogen) atoms. The molecule has 0 bridgehead atoms. The first kappa shape index (κ1) is 27.9. The number of amides is 1. The van der Waals surface area contributed by atoms with Gasteiger partial charge in [0.15, 0.2) is 5.65 Å². The van der Waals surface area contributed by atoms with E-state index in [1.54, 1.807) is 26.4 Å². The second kappa shape index (κ2) is 14.1. The second-order valence-electron chi connectivity index (χ2n) is 8.22. The molecule has 0 aliphatic carbocycles. The van der Waals surface area contributed by atoms with Crippen molar-refractivity contribution < 1.29 is 20.4 Å². The minimum Gasteiger partial charge on any atom is -0.496 e. The highest BCUT2D eigenvalue weighted by Crippen LogP contribution is 2.24. The minimum absolute atomic E-state index is 0. The maximum absolute atomic E-state index is 12.4. The Bertz CT molecular complexity index is 1310. The lowest BCUT2D eigenvalue weighted by Crippen LogP contribution is -2.24. The molecule has 2 aromatic heterocycles. The number of nitrogens with one attached hydrogen (secondary N) is 1. The van der Waals surface area contributed by atoms with Crippen LogP contribution in [0.15, 0.2) is 42.5 Å². The Morgan fingerprint density at radius 1 is 1.03 bits per heavy atom. The van der Waals surface area contributed by atoms with Gasteiger partial charge < -0.3 is 19.5 Å². The molecule has 0 spiro atoms. The van der Waals surface area contributed by atoms with Crippen molar-refractivity contribution >= 4 is 22.6 Å². The van der Waals surface area contributed by atoms with Gasteiger partial charge in [-0.1, -0.05) is 32.4 Å². The number of ether oxygens (including phenoxy) is 3. The number of aromatic nitrogens is 4. The van der Waals surface area contributed by atoms with E-state index in [4.69, 9.17) is 19.2 Å². The Morgan fingerprint density at radius 3 is 2.62 bits per heavy atom. The normalized spacial score (nSPS) is 10.7. The second-order valence-corrected chi connectivity index (χ2v) is 8.22. The third-order valence-electron chi connectivity index (χ3n) is 5.81. The lowest BCUT2D eigenvalue weighted by Gasteiger charge is -2.11. The predicted octanol–water partition coefficient (Wildman–Crippen LogP) is 5.03. The molecule has 0 fully saturated rings. The first-order chi connectivity index (χ1) is 18.1. The minimum atomic E-state index is -0.122. The highest BCUT2D eigenvalue weighted by Gasteiger charge is 2.14. The molecule has 0 aliphatic rings. The van der Waals surface area contributed by atoms with Crippen molar-refractivity contribution in [3.63, 3.8) is 0 Å². The molecular weight excluding hydrogens is 470 g/mol. The largest absolute Gasteiger partial charge is 0.496 e. The van der Waals surface area contributed by atoms with E-state index in [1.807, 2.05) is 55.5 Å². The topological polar surface area (TPSA) is 99.9 Å². The van der Waals surface area contributed by atoms with Crippen LogP contribution in [0.1, 0.15) is 56.4 Å². The van der Waals surface area contributed by atoms with Crippen LogP contribution < -0.4 is 14.8 Å². The summed E-state index contributed by atoms with van der Waals surface area (Å²) in [5, 5.41) is 11.6. The van der Waals surface area contributed by atoms with Gasteiger partial charge in [-0.3, -0.25) is 9.20 Å². The van der Waals surface area contributed by atoms with Crippen molar-refractivity contribution in [2.24, 2.45) is 0 Å². The first-order valence-electron chi connectivity index (χ1n) is 12.8. The molecule has 0 atom stereocenters. The first-order valence-corrected chi connectivity index (χ1v) is 12.8. The summed E-state index contributed by atoms with van der Waals surface area (Å²) in [5.41, 5.74) is 4.03. The summed E-state index contributed by atoms with van der Waals surface area (Å²) in [6, 6.07) is 13.1. The highest BCUT2D eigenvalue weighted by atomic mass is 16.5. The number of methoxy groups -OCH3 is 2. The van der Waals surface area contributed by atoms with Crippen molar-refractivity contribution in [3.05, 3.63) is 59.5 Å². The molecule has 0 saturated carbocycles. The van der Waals surface area contributed by atoms with Crippen molar-refractivity contribution in [1.82, 2.24) is 24.9 Å². The fraction of sp³-hybridized carbons (Fsp3) is 0.429. The standard InChI is InChI=1S/C26H31N5O4.C2H6.H2/c1-18-29-30-25-21(28-22-17-19(35-16-15-33-2)12-13-23(22)31(18)25)10-5-4-8-14-27-26(32)20-9-6-7-11-24(20)34-3;1-2;/h6-7,9,11-13,17H,4-5,8,10,14-16H2,1-3H3,(H,27,32);1-2H3;1H. The number of carbonyl (C=O) groups is 1. The van der Waals surface area contributed by atoms with E-state index in [1.165, 1.54) is 0 Å². The van der Waals surface area contributed by atoms with Crippen LogP contribution in [0.4, 0.5) is 0 Å². The zero-order valence-corrected chi connectivity index (χ0v) is 22.4. The molecule has 4 rings (SSSR count). The fourth-order valence-electron chi connectivity index (χ4n) is 4.04. The van der Waals surface area contributed by atoms with Gasteiger partial charge in [-0.05, 0) is 50.5 Å². The van der Waals surface area contributed by atoms with Crippen LogP contribution >= 0.6 is 0 Å². The van der Waals surface area contributed by atoms with Gasteiger partial charge in [-0.2, -0.15) is 0 Å². The van der Waals surface area contributed by atoms with Gasteiger partial charge in [0.05, 0.1) is 36.0 Å². The Kier molecular flexibility index (Phi) is 10.6. The number of aryl methyl sites for hydroxylation is 2. The average molecular weight is 510 g/mol. The third kappa shape index (κ3) is 6.95. The van der Waals surface area contributed by atoms with E-state index in [-0.39, 0.29) is 7.33 Å². The molecule has 0 aliphatic heterocycles. The van der Waals surface area contributed by atoms with E-state index >= 15 is 0 Å². The SMILES string of the molecule is CC.COCCOc1ccc2c(c1)nc(CCCCCNC(=O)c1ccccc1OC)c1nnc(C)n12.[HH]. The summed E-state index contributed by atoms with van der Waals surface area (Å²) in [7, 11) is 3.22. The summed E-state index contributed by atoms with van der Waals surface area (Å²) in [4.78, 5) is 17.3. The van der Waals surface area contributed by atoms with Crippen LogP contribution in [-0.2, 0) is 11.2 Å². The summed E-state index contributed by atoms with van der Waals surface area (Å²) in [5.74, 6) is 2.03. The number of benzene rings is 2. The molecule has 9 nitrogen and oxygen atoms in total. The van der Waals surface area contributed by atoms with E-state index < -0.39 is 0 Å². The fourth-order valence-corrected chi connectivity index (χ4v) is 4.04. The van der Waals surface area contributed by atoms with Crippen LogP contribution in [0.25, 0.3) is 16.7 Å². The van der Waals surface area contributed by atoms with Gasteiger partial charge >= 0.3 is 0 Å². The van der Waals surface area contributed by atoms with Crippen LogP contribution in [-0.4, -0.2) is 59.5 Å².